The normalized spacial score (nSPS) is 17.7. The number of carbonyl (C=O) groups is 1. The lowest BCUT2D eigenvalue weighted by Gasteiger charge is -2.39. The van der Waals surface area contributed by atoms with E-state index in [0.29, 0.717) is 19.6 Å². The highest BCUT2D eigenvalue weighted by molar-refractivity contribution is 6.74. The fraction of sp³-hybridized carbons (Fsp3) is 0.571. The summed E-state index contributed by atoms with van der Waals surface area (Å²) in [5.74, 6) is 0.762. The second-order valence-electron chi connectivity index (χ2n) is 11.9. The van der Waals surface area contributed by atoms with Crippen LogP contribution in [0.15, 0.2) is 48.7 Å². The van der Waals surface area contributed by atoms with E-state index in [9.17, 15) is 4.79 Å². The summed E-state index contributed by atoms with van der Waals surface area (Å²) in [5.41, 5.74) is 1.41. The molecule has 1 aliphatic rings. The molecule has 1 aromatic heterocycles. The minimum Gasteiger partial charge on any atom is -0.491 e. The van der Waals surface area contributed by atoms with Crippen molar-refractivity contribution in [2.24, 2.45) is 0 Å². The van der Waals surface area contributed by atoms with Gasteiger partial charge < -0.3 is 24.0 Å². The smallest absolute Gasteiger partial charge is 0.407 e. The number of nitrogens with one attached hydrogen (secondary N) is 1. The molecule has 3 atom stereocenters. The molecule has 7 nitrogen and oxygen atoms in total. The van der Waals surface area contributed by atoms with E-state index in [1.807, 2.05) is 63.2 Å². The maximum atomic E-state index is 12.2. The standard InChI is InChI=1S/C28H42N2O5Si/c1-27(2,3)34-26(31)30-23(24-18-33-24)17-20-12-14-21(15-13-20)32-19-25(22-11-9-10-16-29-22)35-36(7,8)28(4,5)6/h9-16,23-25H,17-19H2,1-8H3,(H,30,31)/t23-,24+,25?/m0/s1. The van der Waals surface area contributed by atoms with Gasteiger partial charge in [0.2, 0.25) is 0 Å². The molecule has 0 radical (unpaired) electrons. The summed E-state index contributed by atoms with van der Waals surface area (Å²) >= 11 is 0. The van der Waals surface area contributed by atoms with Crippen LogP contribution in [-0.4, -0.2) is 50.4 Å². The van der Waals surface area contributed by atoms with Crippen LogP contribution in [0.3, 0.4) is 0 Å². The predicted molar refractivity (Wildman–Crippen MR) is 144 cm³/mol. The van der Waals surface area contributed by atoms with E-state index in [2.05, 4.69) is 44.2 Å². The third-order valence-corrected chi connectivity index (χ3v) is 11.0. The number of aromatic nitrogens is 1. The van der Waals surface area contributed by atoms with E-state index >= 15 is 0 Å². The molecule has 1 N–H and O–H groups in total. The molecule has 1 unspecified atom stereocenters. The van der Waals surface area contributed by atoms with Crippen molar-refractivity contribution in [1.29, 1.82) is 0 Å². The Morgan fingerprint density at radius 3 is 2.31 bits per heavy atom. The first kappa shape index (κ1) is 28.2. The van der Waals surface area contributed by atoms with Gasteiger partial charge in [0.25, 0.3) is 0 Å². The minimum atomic E-state index is -2.03. The number of alkyl carbamates (subject to hydrolysis) is 1. The van der Waals surface area contributed by atoms with Crippen LogP contribution in [-0.2, 0) is 20.3 Å². The van der Waals surface area contributed by atoms with E-state index in [0.717, 1.165) is 17.0 Å². The quantitative estimate of drug-likeness (QED) is 0.307. The number of hydrogen-bond donors (Lipinski definition) is 1. The van der Waals surface area contributed by atoms with Crippen LogP contribution in [0, 0.1) is 0 Å². The number of pyridine rings is 1. The molecule has 0 spiro atoms. The van der Waals surface area contributed by atoms with E-state index in [1.54, 1.807) is 6.20 Å². The summed E-state index contributed by atoms with van der Waals surface area (Å²) in [6.07, 6.45) is 1.78. The van der Waals surface area contributed by atoms with E-state index in [4.69, 9.17) is 18.6 Å². The van der Waals surface area contributed by atoms with Gasteiger partial charge in [-0.1, -0.05) is 39.0 Å². The molecule has 1 saturated heterocycles. The van der Waals surface area contributed by atoms with Crippen LogP contribution >= 0.6 is 0 Å². The van der Waals surface area contributed by atoms with Crippen molar-refractivity contribution in [3.8, 4) is 5.75 Å². The van der Waals surface area contributed by atoms with Crippen LogP contribution in [0.4, 0.5) is 4.79 Å². The number of carbonyl (C=O) groups excluding carboxylic acids is 1. The van der Waals surface area contributed by atoms with Crippen LogP contribution in [0.2, 0.25) is 18.1 Å². The number of hydrogen-bond acceptors (Lipinski definition) is 6. The van der Waals surface area contributed by atoms with Gasteiger partial charge in [-0.3, -0.25) is 4.98 Å². The van der Waals surface area contributed by atoms with E-state index < -0.39 is 20.0 Å². The highest BCUT2D eigenvalue weighted by atomic mass is 28.4. The Balaban J connectivity index is 1.62. The summed E-state index contributed by atoms with van der Waals surface area (Å²) in [6.45, 7) is 17.7. The summed E-state index contributed by atoms with van der Waals surface area (Å²) in [7, 11) is -2.03. The van der Waals surface area contributed by atoms with Gasteiger partial charge in [-0.05, 0) is 75.2 Å². The van der Waals surface area contributed by atoms with Gasteiger partial charge in [0.15, 0.2) is 8.32 Å². The molecule has 0 bridgehead atoms. The Hall–Kier alpha value is -2.42. The summed E-state index contributed by atoms with van der Waals surface area (Å²) < 4.78 is 23.7. The molecular formula is C28H42N2O5Si. The van der Waals surface area contributed by atoms with E-state index in [1.165, 1.54) is 0 Å². The third kappa shape index (κ3) is 8.60. The van der Waals surface area contributed by atoms with Crippen molar-refractivity contribution in [3.05, 3.63) is 59.9 Å². The van der Waals surface area contributed by atoms with Gasteiger partial charge >= 0.3 is 6.09 Å². The van der Waals surface area contributed by atoms with Crippen molar-refractivity contribution in [2.45, 2.75) is 89.9 Å². The van der Waals surface area contributed by atoms with Gasteiger partial charge in [0.05, 0.1) is 18.3 Å². The Bertz CT molecular complexity index is 980. The molecule has 0 saturated carbocycles. The number of ether oxygens (including phenoxy) is 3. The lowest BCUT2D eigenvalue weighted by molar-refractivity contribution is 0.0495. The first-order chi connectivity index (χ1) is 16.7. The SMILES string of the molecule is CC(C)(C)OC(=O)N[C@@H](Cc1ccc(OCC(O[Si](C)(C)C(C)(C)C)c2ccccn2)cc1)[C@H]1CO1. The zero-order valence-corrected chi connectivity index (χ0v) is 24.0. The number of epoxide rings is 1. The lowest BCUT2D eigenvalue weighted by Crippen LogP contribution is -2.43. The Morgan fingerprint density at radius 1 is 1.11 bits per heavy atom. The zero-order chi connectivity index (χ0) is 26.6. The van der Waals surface area contributed by atoms with Crippen LogP contribution < -0.4 is 10.1 Å². The maximum absolute atomic E-state index is 12.2. The average Bonchev–Trinajstić information content (AvgIpc) is 3.61. The molecular weight excluding hydrogens is 472 g/mol. The Kier molecular flexibility index (Phi) is 8.85. The summed E-state index contributed by atoms with van der Waals surface area (Å²) in [5, 5.41) is 3.03. The van der Waals surface area contributed by atoms with Crippen molar-refractivity contribution in [2.75, 3.05) is 13.2 Å². The fourth-order valence-electron chi connectivity index (χ4n) is 3.45. The monoisotopic (exact) mass is 514 g/mol. The highest BCUT2D eigenvalue weighted by Crippen LogP contribution is 2.39. The average molecular weight is 515 g/mol. The van der Waals surface area contributed by atoms with Crippen LogP contribution in [0.1, 0.15) is 58.9 Å². The van der Waals surface area contributed by atoms with Crippen LogP contribution in [0.25, 0.3) is 0 Å². The fourth-order valence-corrected chi connectivity index (χ4v) is 4.70. The molecule has 1 fully saturated rings. The highest BCUT2D eigenvalue weighted by Gasteiger charge is 2.40. The minimum absolute atomic E-state index is 0.0139. The zero-order valence-electron chi connectivity index (χ0n) is 23.0. The molecule has 3 rings (SSSR count). The number of amides is 1. The number of benzene rings is 1. The van der Waals surface area contributed by atoms with Crippen molar-refractivity contribution < 1.29 is 23.4 Å². The largest absolute Gasteiger partial charge is 0.491 e. The van der Waals surface area contributed by atoms with Gasteiger partial charge in [-0.25, -0.2) is 4.79 Å². The predicted octanol–water partition coefficient (Wildman–Crippen LogP) is 6.06. The van der Waals surface area contributed by atoms with Gasteiger partial charge in [0, 0.05) is 6.20 Å². The summed E-state index contributed by atoms with van der Waals surface area (Å²) in [4.78, 5) is 16.8. The number of nitrogens with zero attached hydrogens (tertiary/aromatic N) is 1. The number of rotatable bonds is 10. The molecule has 8 heteroatoms. The van der Waals surface area contributed by atoms with Crippen molar-refractivity contribution >= 4 is 14.4 Å². The molecule has 1 amide bonds. The molecule has 1 aromatic carbocycles. The van der Waals surface area contributed by atoms with E-state index in [-0.39, 0.29) is 23.3 Å². The Labute approximate surface area is 217 Å². The second-order valence-corrected chi connectivity index (χ2v) is 16.7. The van der Waals surface area contributed by atoms with Crippen molar-refractivity contribution in [3.63, 3.8) is 0 Å². The molecule has 2 heterocycles. The maximum Gasteiger partial charge on any atom is 0.407 e. The second kappa shape index (κ2) is 11.3. The first-order valence-electron chi connectivity index (χ1n) is 12.7. The third-order valence-electron chi connectivity index (χ3n) is 6.55. The van der Waals surface area contributed by atoms with Gasteiger partial charge in [0.1, 0.15) is 30.2 Å². The molecule has 36 heavy (non-hydrogen) atoms. The van der Waals surface area contributed by atoms with Gasteiger partial charge in [-0.2, -0.15) is 0 Å². The van der Waals surface area contributed by atoms with Crippen molar-refractivity contribution in [1.82, 2.24) is 10.3 Å². The Morgan fingerprint density at radius 2 is 1.78 bits per heavy atom. The summed E-state index contributed by atoms with van der Waals surface area (Å²) in [6, 6.07) is 13.7. The molecule has 1 aliphatic heterocycles. The lowest BCUT2D eigenvalue weighted by atomic mass is 10.0. The molecule has 198 valence electrons. The molecule has 2 aromatic rings. The van der Waals surface area contributed by atoms with Gasteiger partial charge in [-0.15, -0.1) is 0 Å². The van der Waals surface area contributed by atoms with Crippen LogP contribution in [0.5, 0.6) is 5.75 Å². The molecule has 0 aliphatic carbocycles. The first-order valence-corrected chi connectivity index (χ1v) is 15.6. The topological polar surface area (TPSA) is 82.2 Å².